The van der Waals surface area contributed by atoms with Crippen LogP contribution in [0.15, 0.2) is 22.0 Å². The Kier molecular flexibility index (Phi) is 3.47. The first-order valence-electron chi connectivity index (χ1n) is 5.06. The first-order valence-corrected chi connectivity index (χ1v) is 6.73. The molecule has 0 fully saturated rings. The van der Waals surface area contributed by atoms with Crippen LogP contribution < -0.4 is 5.73 Å². The van der Waals surface area contributed by atoms with Gasteiger partial charge in [-0.15, -0.1) is 11.3 Å². The lowest BCUT2D eigenvalue weighted by molar-refractivity contribution is 0.618. The fourth-order valence-electron chi connectivity index (χ4n) is 1.75. The molecule has 2 heterocycles. The molecule has 0 aliphatic heterocycles. The quantitative estimate of drug-likeness (QED) is 0.947. The fourth-order valence-corrected chi connectivity index (χ4v) is 3.33. The average Bonchev–Trinajstić information content (AvgIpc) is 2.74. The van der Waals surface area contributed by atoms with Gasteiger partial charge >= 0.3 is 0 Å². The molecule has 1 unspecified atom stereocenters. The molecule has 0 bridgehead atoms. The number of rotatable bonds is 3. The highest BCUT2D eigenvalue weighted by molar-refractivity contribution is 9.10. The Balaban J connectivity index is 2.17. The van der Waals surface area contributed by atoms with Gasteiger partial charge in [-0.1, -0.05) is 0 Å². The third-order valence-electron chi connectivity index (χ3n) is 2.51. The van der Waals surface area contributed by atoms with Crippen LogP contribution >= 0.6 is 27.3 Å². The highest BCUT2D eigenvalue weighted by Crippen LogP contribution is 2.27. The molecular weight excluding hydrogens is 286 g/mol. The molecule has 0 aromatic carbocycles. The minimum absolute atomic E-state index is 0.00106. The Morgan fingerprint density at radius 1 is 1.62 bits per heavy atom. The van der Waals surface area contributed by atoms with Gasteiger partial charge in [0.15, 0.2) is 0 Å². The van der Waals surface area contributed by atoms with Crippen LogP contribution in [0, 0.1) is 6.92 Å². The smallest absolute Gasteiger partial charge is 0.0597 e. The lowest BCUT2D eigenvalue weighted by atomic mass is 10.1. The summed E-state index contributed by atoms with van der Waals surface area (Å²) in [6.07, 6.45) is 0.844. The Morgan fingerprint density at radius 3 is 2.88 bits per heavy atom. The molecule has 0 aliphatic carbocycles. The molecule has 3 nitrogen and oxygen atoms in total. The van der Waals surface area contributed by atoms with Gasteiger partial charge in [0, 0.05) is 22.8 Å². The number of nitrogens with zero attached hydrogens (tertiary/aromatic N) is 2. The van der Waals surface area contributed by atoms with Crippen molar-refractivity contribution >= 4 is 27.3 Å². The van der Waals surface area contributed by atoms with Gasteiger partial charge in [-0.3, -0.25) is 4.68 Å². The standard InChI is InChI=1S/C11H14BrN3S/c1-7-5-10(15(2)14-7)9(13)6-11-8(12)3-4-16-11/h3-5,9H,6,13H2,1-2H3. The molecule has 2 aromatic heterocycles. The molecule has 2 N–H and O–H groups in total. The highest BCUT2D eigenvalue weighted by Gasteiger charge is 2.14. The summed E-state index contributed by atoms with van der Waals surface area (Å²) in [4.78, 5) is 1.28. The van der Waals surface area contributed by atoms with E-state index in [4.69, 9.17) is 5.73 Å². The monoisotopic (exact) mass is 299 g/mol. The van der Waals surface area contributed by atoms with Gasteiger partial charge in [-0.2, -0.15) is 5.10 Å². The lowest BCUT2D eigenvalue weighted by Crippen LogP contribution is -2.16. The van der Waals surface area contributed by atoms with E-state index < -0.39 is 0 Å². The Morgan fingerprint density at radius 2 is 2.38 bits per heavy atom. The van der Waals surface area contributed by atoms with Crippen molar-refractivity contribution in [3.8, 4) is 0 Å². The minimum atomic E-state index is 0.00106. The van der Waals surface area contributed by atoms with Crippen LogP contribution in [0.5, 0.6) is 0 Å². The predicted molar refractivity (Wildman–Crippen MR) is 70.6 cm³/mol. The molecule has 2 aromatic rings. The zero-order valence-corrected chi connectivity index (χ0v) is 11.7. The maximum Gasteiger partial charge on any atom is 0.0597 e. The van der Waals surface area contributed by atoms with E-state index in [9.17, 15) is 0 Å². The van der Waals surface area contributed by atoms with Crippen LogP contribution in [0.4, 0.5) is 0 Å². The Labute approximate surface area is 107 Å². The average molecular weight is 300 g/mol. The minimum Gasteiger partial charge on any atom is -0.322 e. The maximum atomic E-state index is 6.19. The lowest BCUT2D eigenvalue weighted by Gasteiger charge is -2.11. The summed E-state index contributed by atoms with van der Waals surface area (Å²) in [6.45, 7) is 1.98. The van der Waals surface area contributed by atoms with E-state index in [2.05, 4.69) is 32.5 Å². The van der Waals surface area contributed by atoms with Crippen LogP contribution in [-0.4, -0.2) is 9.78 Å². The highest BCUT2D eigenvalue weighted by atomic mass is 79.9. The van der Waals surface area contributed by atoms with E-state index in [0.29, 0.717) is 0 Å². The summed E-state index contributed by atoms with van der Waals surface area (Å²) in [5, 5.41) is 6.38. The predicted octanol–water partition coefficient (Wildman–Crippen LogP) is 2.80. The summed E-state index contributed by atoms with van der Waals surface area (Å²) < 4.78 is 3.01. The molecule has 0 saturated carbocycles. The van der Waals surface area contributed by atoms with Crippen molar-refractivity contribution in [2.75, 3.05) is 0 Å². The molecular formula is C11H14BrN3S. The van der Waals surface area contributed by atoms with Crippen molar-refractivity contribution in [1.29, 1.82) is 0 Å². The molecule has 0 saturated heterocycles. The van der Waals surface area contributed by atoms with Crippen molar-refractivity contribution in [3.05, 3.63) is 38.3 Å². The van der Waals surface area contributed by atoms with Gasteiger partial charge in [-0.25, -0.2) is 0 Å². The molecule has 0 radical (unpaired) electrons. The van der Waals surface area contributed by atoms with Crippen LogP contribution in [-0.2, 0) is 13.5 Å². The van der Waals surface area contributed by atoms with Crippen LogP contribution in [0.2, 0.25) is 0 Å². The third-order valence-corrected chi connectivity index (χ3v) is 4.46. The van der Waals surface area contributed by atoms with E-state index in [1.165, 1.54) is 4.88 Å². The van der Waals surface area contributed by atoms with Crippen molar-refractivity contribution in [1.82, 2.24) is 9.78 Å². The van der Waals surface area contributed by atoms with Crippen molar-refractivity contribution in [3.63, 3.8) is 0 Å². The van der Waals surface area contributed by atoms with Gasteiger partial charge in [0.25, 0.3) is 0 Å². The number of thiophene rings is 1. The van der Waals surface area contributed by atoms with Crippen molar-refractivity contribution in [2.24, 2.45) is 12.8 Å². The van der Waals surface area contributed by atoms with Crippen LogP contribution in [0.3, 0.4) is 0 Å². The molecule has 0 spiro atoms. The molecule has 0 amide bonds. The normalized spacial score (nSPS) is 13.0. The number of hydrogen-bond donors (Lipinski definition) is 1. The van der Waals surface area contributed by atoms with Crippen molar-refractivity contribution in [2.45, 2.75) is 19.4 Å². The number of aryl methyl sites for hydroxylation is 2. The van der Waals surface area contributed by atoms with E-state index >= 15 is 0 Å². The summed E-state index contributed by atoms with van der Waals surface area (Å²) in [7, 11) is 1.94. The van der Waals surface area contributed by atoms with E-state index in [0.717, 1.165) is 22.3 Å². The van der Waals surface area contributed by atoms with Crippen LogP contribution in [0.1, 0.15) is 22.3 Å². The van der Waals surface area contributed by atoms with Gasteiger partial charge in [0.2, 0.25) is 0 Å². The Hall–Kier alpha value is -0.650. The van der Waals surface area contributed by atoms with Crippen LogP contribution in [0.25, 0.3) is 0 Å². The molecule has 1 atom stereocenters. The van der Waals surface area contributed by atoms with E-state index in [1.807, 2.05) is 24.7 Å². The van der Waals surface area contributed by atoms with Crippen molar-refractivity contribution < 1.29 is 0 Å². The number of aromatic nitrogens is 2. The van der Waals surface area contributed by atoms with Gasteiger partial charge < -0.3 is 5.73 Å². The summed E-state index contributed by atoms with van der Waals surface area (Å²) in [5.74, 6) is 0. The molecule has 86 valence electrons. The summed E-state index contributed by atoms with van der Waals surface area (Å²) in [5.41, 5.74) is 8.29. The molecule has 16 heavy (non-hydrogen) atoms. The summed E-state index contributed by atoms with van der Waals surface area (Å²) in [6, 6.07) is 4.11. The zero-order chi connectivity index (χ0) is 11.7. The first kappa shape index (κ1) is 11.8. The third kappa shape index (κ3) is 2.36. The topological polar surface area (TPSA) is 43.8 Å². The van der Waals surface area contributed by atoms with Gasteiger partial charge in [-0.05, 0) is 40.4 Å². The SMILES string of the molecule is Cc1cc(C(N)Cc2sccc2Br)n(C)n1. The first-order chi connectivity index (χ1) is 7.58. The second-order valence-corrected chi connectivity index (χ2v) is 5.69. The number of hydrogen-bond acceptors (Lipinski definition) is 3. The fraction of sp³-hybridized carbons (Fsp3) is 0.364. The Bertz CT molecular complexity index is 489. The molecule has 5 heteroatoms. The second kappa shape index (κ2) is 4.69. The van der Waals surface area contributed by atoms with Gasteiger partial charge in [0.1, 0.15) is 0 Å². The number of nitrogens with two attached hydrogens (primary N) is 1. The van der Waals surface area contributed by atoms with Gasteiger partial charge in [0.05, 0.1) is 17.4 Å². The molecule has 0 aliphatic rings. The summed E-state index contributed by atoms with van der Waals surface area (Å²) >= 11 is 5.25. The van der Waals surface area contributed by atoms with E-state index in [1.54, 1.807) is 11.3 Å². The largest absolute Gasteiger partial charge is 0.322 e. The van der Waals surface area contributed by atoms with E-state index in [-0.39, 0.29) is 6.04 Å². The number of halogens is 1. The second-order valence-electron chi connectivity index (χ2n) is 3.84. The zero-order valence-electron chi connectivity index (χ0n) is 9.27. The molecule has 2 rings (SSSR count). The maximum absolute atomic E-state index is 6.19.